The number of carbonyl (C=O) groups excluding carboxylic acids is 1. The monoisotopic (exact) mass is 245 g/mol. The molecule has 2 rings (SSSR count). The van der Waals surface area contributed by atoms with Crippen LogP contribution in [0, 0.1) is 10.1 Å². The number of Topliss-reactive ketones (excluding diaryl/α,β-unsaturated/α-hetero) is 1. The number of methoxy groups -OCH3 is 1. The van der Waals surface area contributed by atoms with Gasteiger partial charge in [-0.15, -0.1) is 0 Å². The number of nitro groups is 1. The minimum absolute atomic E-state index is 0.00201. The third-order valence-electron chi connectivity index (χ3n) is 2.73. The second-order valence-corrected chi connectivity index (χ2v) is 3.90. The van der Waals surface area contributed by atoms with Crippen molar-refractivity contribution in [2.24, 2.45) is 0 Å². The Hall–Kier alpha value is -2.43. The Bertz CT molecular complexity index is 649. The number of nitrogens with zero attached hydrogens (tertiary/aromatic N) is 1. The zero-order chi connectivity index (χ0) is 13.3. The molecule has 5 nitrogen and oxygen atoms in total. The molecule has 0 N–H and O–H groups in total. The van der Waals surface area contributed by atoms with E-state index in [1.54, 1.807) is 18.2 Å². The molecule has 0 heterocycles. The third-order valence-corrected chi connectivity index (χ3v) is 2.73. The zero-order valence-electron chi connectivity index (χ0n) is 9.97. The summed E-state index contributed by atoms with van der Waals surface area (Å²) in [5.41, 5.74) is 0.424. The highest BCUT2D eigenvalue weighted by Crippen LogP contribution is 2.28. The lowest BCUT2D eigenvalue weighted by Gasteiger charge is -2.07. The van der Waals surface area contributed by atoms with Gasteiger partial charge in [0.15, 0.2) is 5.78 Å². The Balaban J connectivity index is 2.72. The fourth-order valence-electron chi connectivity index (χ4n) is 1.82. The predicted molar refractivity (Wildman–Crippen MR) is 67.2 cm³/mol. The first-order valence-corrected chi connectivity index (χ1v) is 5.30. The van der Waals surface area contributed by atoms with Gasteiger partial charge in [0, 0.05) is 12.1 Å². The molecule has 0 aliphatic carbocycles. The van der Waals surface area contributed by atoms with Crippen LogP contribution in [-0.4, -0.2) is 17.8 Å². The molecule has 92 valence electrons. The lowest BCUT2D eigenvalue weighted by atomic mass is 10.0. The van der Waals surface area contributed by atoms with Crippen LogP contribution in [0.4, 0.5) is 5.69 Å². The molecule has 0 spiro atoms. The van der Waals surface area contributed by atoms with E-state index in [-0.39, 0.29) is 11.5 Å². The second kappa shape index (κ2) is 4.44. The minimum atomic E-state index is -0.461. The third kappa shape index (κ3) is 2.02. The smallest absolute Gasteiger partial charge is 0.270 e. The Morgan fingerprint density at radius 1 is 1.22 bits per heavy atom. The van der Waals surface area contributed by atoms with E-state index in [0.717, 1.165) is 5.39 Å². The fourth-order valence-corrected chi connectivity index (χ4v) is 1.82. The van der Waals surface area contributed by atoms with E-state index in [9.17, 15) is 14.9 Å². The summed E-state index contributed by atoms with van der Waals surface area (Å²) in [6.07, 6.45) is 0. The number of nitro benzene ring substituents is 1. The van der Waals surface area contributed by atoms with Crippen LogP contribution < -0.4 is 4.74 Å². The van der Waals surface area contributed by atoms with Crippen LogP contribution >= 0.6 is 0 Å². The largest absolute Gasteiger partial charge is 0.496 e. The van der Waals surface area contributed by atoms with E-state index in [2.05, 4.69) is 0 Å². The highest BCUT2D eigenvalue weighted by atomic mass is 16.6. The molecule has 0 fully saturated rings. The first kappa shape index (κ1) is 12.0. The summed E-state index contributed by atoms with van der Waals surface area (Å²) < 4.78 is 5.14. The maximum Gasteiger partial charge on any atom is 0.270 e. The summed E-state index contributed by atoms with van der Waals surface area (Å²) in [7, 11) is 1.49. The fraction of sp³-hybridized carbons (Fsp3) is 0.154. The van der Waals surface area contributed by atoms with Crippen molar-refractivity contribution in [2.45, 2.75) is 6.92 Å². The van der Waals surface area contributed by atoms with Crippen molar-refractivity contribution in [1.29, 1.82) is 0 Å². The van der Waals surface area contributed by atoms with Gasteiger partial charge in [0.25, 0.3) is 5.69 Å². The first-order valence-electron chi connectivity index (χ1n) is 5.30. The Labute approximate surface area is 103 Å². The molecule has 18 heavy (non-hydrogen) atoms. The van der Waals surface area contributed by atoms with Crippen molar-refractivity contribution >= 4 is 22.2 Å². The van der Waals surface area contributed by atoms with E-state index < -0.39 is 4.92 Å². The molecule has 0 radical (unpaired) electrons. The van der Waals surface area contributed by atoms with Gasteiger partial charge in [-0.1, -0.05) is 0 Å². The van der Waals surface area contributed by atoms with E-state index in [1.165, 1.54) is 26.2 Å². The minimum Gasteiger partial charge on any atom is -0.496 e. The number of hydrogen-bond donors (Lipinski definition) is 0. The molecule has 0 atom stereocenters. The number of carbonyl (C=O) groups is 1. The van der Waals surface area contributed by atoms with Crippen molar-refractivity contribution in [3.05, 3.63) is 46.0 Å². The van der Waals surface area contributed by atoms with Crippen LogP contribution in [0.15, 0.2) is 30.3 Å². The highest BCUT2D eigenvalue weighted by Gasteiger charge is 2.12. The normalized spacial score (nSPS) is 10.3. The lowest BCUT2D eigenvalue weighted by Crippen LogP contribution is -1.97. The van der Waals surface area contributed by atoms with Gasteiger partial charge >= 0.3 is 0 Å². The van der Waals surface area contributed by atoms with Gasteiger partial charge in [-0.3, -0.25) is 14.9 Å². The first-order chi connectivity index (χ1) is 8.52. The summed E-state index contributed by atoms with van der Waals surface area (Å²) in [5, 5.41) is 12.1. The number of non-ortho nitro benzene ring substituents is 1. The van der Waals surface area contributed by atoms with Crippen LogP contribution in [-0.2, 0) is 0 Å². The molecule has 2 aromatic rings. The molecule has 0 saturated carbocycles. The summed E-state index contributed by atoms with van der Waals surface area (Å²) in [6, 6.07) is 7.83. The van der Waals surface area contributed by atoms with Gasteiger partial charge < -0.3 is 4.74 Å². The summed E-state index contributed by atoms with van der Waals surface area (Å²) in [6.45, 7) is 1.43. The zero-order valence-corrected chi connectivity index (χ0v) is 9.97. The van der Waals surface area contributed by atoms with Crippen LogP contribution in [0.25, 0.3) is 10.8 Å². The van der Waals surface area contributed by atoms with E-state index in [1.807, 2.05) is 0 Å². The topological polar surface area (TPSA) is 69.4 Å². The SMILES string of the molecule is COc1cc2ccc([N+](=O)[O-])cc2cc1C(C)=O. The van der Waals surface area contributed by atoms with Crippen molar-refractivity contribution in [2.75, 3.05) is 7.11 Å². The standard InChI is InChI=1S/C13H11NO4/c1-8(15)12-6-10-5-11(14(16)17)4-3-9(10)7-13(12)18-2/h3-7H,1-2H3. The molecular formula is C13H11NO4. The molecular weight excluding hydrogens is 234 g/mol. The van der Waals surface area contributed by atoms with Crippen molar-refractivity contribution in [1.82, 2.24) is 0 Å². The maximum atomic E-state index is 11.5. The predicted octanol–water partition coefficient (Wildman–Crippen LogP) is 2.96. The van der Waals surface area contributed by atoms with Gasteiger partial charge in [-0.2, -0.15) is 0 Å². The van der Waals surface area contributed by atoms with Crippen LogP contribution in [0.3, 0.4) is 0 Å². The summed E-state index contributed by atoms with van der Waals surface area (Å²) in [4.78, 5) is 21.7. The average molecular weight is 245 g/mol. The maximum absolute atomic E-state index is 11.5. The number of ketones is 1. The molecule has 0 aromatic heterocycles. The molecule has 0 saturated heterocycles. The van der Waals surface area contributed by atoms with Crippen molar-refractivity contribution in [3.8, 4) is 5.75 Å². The van der Waals surface area contributed by atoms with Gasteiger partial charge in [-0.25, -0.2) is 0 Å². The molecule has 0 unspecified atom stereocenters. The van der Waals surface area contributed by atoms with Gasteiger partial charge in [0.2, 0.25) is 0 Å². The number of ether oxygens (including phenoxy) is 1. The molecule has 0 aliphatic heterocycles. The van der Waals surface area contributed by atoms with Gasteiger partial charge in [0.05, 0.1) is 17.6 Å². The lowest BCUT2D eigenvalue weighted by molar-refractivity contribution is -0.384. The molecule has 0 aliphatic rings. The number of rotatable bonds is 3. The van der Waals surface area contributed by atoms with Gasteiger partial charge in [0.1, 0.15) is 5.75 Å². The van der Waals surface area contributed by atoms with E-state index >= 15 is 0 Å². The number of benzene rings is 2. The second-order valence-electron chi connectivity index (χ2n) is 3.90. The molecule has 5 heteroatoms. The summed E-state index contributed by atoms with van der Waals surface area (Å²) in [5.74, 6) is 0.337. The summed E-state index contributed by atoms with van der Waals surface area (Å²) >= 11 is 0. The Kier molecular flexibility index (Phi) is 2.97. The average Bonchev–Trinajstić information content (AvgIpc) is 2.36. The number of hydrogen-bond acceptors (Lipinski definition) is 4. The molecule has 0 bridgehead atoms. The van der Waals surface area contributed by atoms with Crippen molar-refractivity contribution in [3.63, 3.8) is 0 Å². The van der Waals surface area contributed by atoms with Crippen LogP contribution in [0.2, 0.25) is 0 Å². The number of fused-ring (bicyclic) bond motifs is 1. The van der Waals surface area contributed by atoms with E-state index in [0.29, 0.717) is 16.7 Å². The van der Waals surface area contributed by atoms with Crippen LogP contribution in [0.5, 0.6) is 5.75 Å². The van der Waals surface area contributed by atoms with Gasteiger partial charge in [-0.05, 0) is 35.9 Å². The Morgan fingerprint density at radius 3 is 2.50 bits per heavy atom. The quantitative estimate of drug-likeness (QED) is 0.473. The molecule has 2 aromatic carbocycles. The van der Waals surface area contributed by atoms with Crippen molar-refractivity contribution < 1.29 is 14.5 Å². The van der Waals surface area contributed by atoms with E-state index in [4.69, 9.17) is 4.74 Å². The van der Waals surface area contributed by atoms with Crippen LogP contribution in [0.1, 0.15) is 17.3 Å². The highest BCUT2D eigenvalue weighted by molar-refractivity contribution is 6.01. The molecule has 0 amide bonds. The Morgan fingerprint density at radius 2 is 1.94 bits per heavy atom.